The van der Waals surface area contributed by atoms with E-state index in [-0.39, 0.29) is 0 Å². The predicted octanol–water partition coefficient (Wildman–Crippen LogP) is 5.10. The molecule has 0 radical (unpaired) electrons. The van der Waals surface area contributed by atoms with Crippen LogP contribution in [0.3, 0.4) is 0 Å². The summed E-state index contributed by atoms with van der Waals surface area (Å²) in [6.45, 7) is 3.15. The molecule has 0 amide bonds. The minimum Gasteiger partial charge on any atom is -0.284 e. The number of unbranched alkanes of at least 4 members (excludes halogenated alkanes) is 3. The van der Waals surface area contributed by atoms with Crippen molar-refractivity contribution in [3.8, 4) is 0 Å². The summed E-state index contributed by atoms with van der Waals surface area (Å²) in [5.41, 5.74) is 3.52. The lowest BCUT2D eigenvalue weighted by atomic mass is 10.0. The van der Waals surface area contributed by atoms with Crippen LogP contribution in [0.25, 0.3) is 0 Å². The van der Waals surface area contributed by atoms with Crippen LogP contribution >= 0.6 is 0 Å². The number of hydrogen-bond acceptors (Lipinski definition) is 1. The minimum absolute atomic E-state index is 0.916. The highest BCUT2D eigenvalue weighted by atomic mass is 14.7. The normalized spacial score (nSPS) is 10.2. The van der Waals surface area contributed by atoms with Gasteiger partial charge in [0.05, 0.1) is 5.71 Å². The van der Waals surface area contributed by atoms with Crippen LogP contribution in [0.1, 0.15) is 43.7 Å². The van der Waals surface area contributed by atoms with Crippen molar-refractivity contribution < 1.29 is 0 Å². The first-order chi connectivity index (χ1) is 9.92. The molecule has 0 saturated carbocycles. The highest BCUT2D eigenvalue weighted by Gasteiger charge is 2.05. The number of aliphatic imine (C=N–C) groups is 1. The second-order valence-electron chi connectivity index (χ2n) is 5.02. The van der Waals surface area contributed by atoms with Crippen LogP contribution in [0.5, 0.6) is 0 Å². The Bertz CT molecular complexity index is 472. The Labute approximate surface area is 122 Å². The van der Waals surface area contributed by atoms with Crippen molar-refractivity contribution in [1.82, 2.24) is 0 Å². The van der Waals surface area contributed by atoms with E-state index in [0.29, 0.717) is 0 Å². The zero-order valence-corrected chi connectivity index (χ0v) is 12.3. The number of rotatable bonds is 7. The van der Waals surface area contributed by atoms with Gasteiger partial charge in [-0.3, -0.25) is 4.99 Å². The highest BCUT2D eigenvalue weighted by Crippen LogP contribution is 2.11. The van der Waals surface area contributed by atoms with E-state index in [1.165, 1.54) is 36.8 Å². The van der Waals surface area contributed by atoms with Gasteiger partial charge in [-0.2, -0.15) is 0 Å². The Morgan fingerprint density at radius 2 is 1.30 bits per heavy atom. The zero-order valence-electron chi connectivity index (χ0n) is 12.3. The molecule has 2 aromatic rings. The molecule has 0 fully saturated rings. The zero-order chi connectivity index (χ0) is 14.0. The van der Waals surface area contributed by atoms with Gasteiger partial charge in [-0.25, -0.2) is 0 Å². The van der Waals surface area contributed by atoms with Crippen molar-refractivity contribution in [2.75, 3.05) is 6.54 Å². The van der Waals surface area contributed by atoms with Gasteiger partial charge in [-0.05, 0) is 6.42 Å². The van der Waals surface area contributed by atoms with Crippen molar-refractivity contribution in [3.63, 3.8) is 0 Å². The lowest BCUT2D eigenvalue weighted by Crippen LogP contribution is -2.04. The molecule has 0 saturated heterocycles. The summed E-state index contributed by atoms with van der Waals surface area (Å²) in [5.74, 6) is 0. The van der Waals surface area contributed by atoms with E-state index in [4.69, 9.17) is 4.99 Å². The molecule has 0 spiro atoms. The van der Waals surface area contributed by atoms with Crippen molar-refractivity contribution >= 4 is 5.71 Å². The molecule has 0 unspecified atom stereocenters. The summed E-state index contributed by atoms with van der Waals surface area (Å²) >= 11 is 0. The van der Waals surface area contributed by atoms with E-state index in [1.54, 1.807) is 0 Å². The Morgan fingerprint density at radius 1 is 0.750 bits per heavy atom. The lowest BCUT2D eigenvalue weighted by molar-refractivity contribution is 0.675. The molecule has 0 aromatic heterocycles. The molecule has 104 valence electrons. The van der Waals surface area contributed by atoms with Crippen LogP contribution in [0, 0.1) is 0 Å². The third-order valence-electron chi connectivity index (χ3n) is 3.38. The monoisotopic (exact) mass is 265 g/mol. The highest BCUT2D eigenvalue weighted by molar-refractivity contribution is 6.12. The molecular formula is C19H23N. The molecule has 0 aliphatic carbocycles. The van der Waals surface area contributed by atoms with Crippen molar-refractivity contribution in [1.29, 1.82) is 0 Å². The van der Waals surface area contributed by atoms with E-state index >= 15 is 0 Å². The van der Waals surface area contributed by atoms with Gasteiger partial charge >= 0.3 is 0 Å². The maximum absolute atomic E-state index is 4.85. The first kappa shape index (κ1) is 14.5. The first-order valence-electron chi connectivity index (χ1n) is 7.57. The summed E-state index contributed by atoms with van der Waals surface area (Å²) < 4.78 is 0. The standard InChI is InChI=1S/C19H23N/c1-2-3-4-11-16-20-19(17-12-7-5-8-13-17)18-14-9-6-10-15-18/h5-10,12-15H,2-4,11,16H2,1H3. The lowest BCUT2D eigenvalue weighted by Gasteiger charge is -2.07. The molecule has 0 aliphatic rings. The molecule has 0 atom stereocenters. The average Bonchev–Trinajstić information content (AvgIpc) is 2.53. The fourth-order valence-electron chi connectivity index (χ4n) is 2.27. The van der Waals surface area contributed by atoms with Gasteiger partial charge < -0.3 is 0 Å². The maximum atomic E-state index is 4.85. The van der Waals surface area contributed by atoms with Crippen molar-refractivity contribution in [2.24, 2.45) is 4.99 Å². The van der Waals surface area contributed by atoms with Gasteiger partial charge in [0.15, 0.2) is 0 Å². The summed E-state index contributed by atoms with van der Waals surface area (Å²) in [7, 11) is 0. The summed E-state index contributed by atoms with van der Waals surface area (Å²) in [4.78, 5) is 4.85. The second-order valence-corrected chi connectivity index (χ2v) is 5.02. The Morgan fingerprint density at radius 3 is 1.80 bits per heavy atom. The van der Waals surface area contributed by atoms with Crippen molar-refractivity contribution in [2.45, 2.75) is 32.6 Å². The smallest absolute Gasteiger partial charge is 0.0718 e. The quantitative estimate of drug-likeness (QED) is 0.487. The van der Waals surface area contributed by atoms with E-state index in [9.17, 15) is 0 Å². The number of benzene rings is 2. The molecule has 2 rings (SSSR count). The van der Waals surface area contributed by atoms with E-state index in [2.05, 4.69) is 55.5 Å². The molecule has 2 aromatic carbocycles. The Kier molecular flexibility index (Phi) is 6.04. The Balaban J connectivity index is 2.15. The fourth-order valence-corrected chi connectivity index (χ4v) is 2.27. The predicted molar refractivity (Wildman–Crippen MR) is 87.5 cm³/mol. The van der Waals surface area contributed by atoms with E-state index in [0.717, 1.165) is 12.3 Å². The fraction of sp³-hybridized carbons (Fsp3) is 0.316. The topological polar surface area (TPSA) is 12.4 Å². The van der Waals surface area contributed by atoms with Crippen LogP contribution in [0.4, 0.5) is 0 Å². The molecule has 0 bridgehead atoms. The maximum Gasteiger partial charge on any atom is 0.0718 e. The molecule has 0 heterocycles. The van der Waals surface area contributed by atoms with Gasteiger partial charge in [0, 0.05) is 17.7 Å². The van der Waals surface area contributed by atoms with E-state index < -0.39 is 0 Å². The minimum atomic E-state index is 0.916. The van der Waals surface area contributed by atoms with Gasteiger partial charge in [0.1, 0.15) is 0 Å². The second kappa shape index (κ2) is 8.31. The molecule has 0 N–H and O–H groups in total. The van der Waals surface area contributed by atoms with Crippen LogP contribution in [-0.2, 0) is 0 Å². The van der Waals surface area contributed by atoms with Crippen molar-refractivity contribution in [3.05, 3.63) is 71.8 Å². The van der Waals surface area contributed by atoms with Crippen LogP contribution in [0.2, 0.25) is 0 Å². The molecule has 1 heteroatoms. The Hall–Kier alpha value is -1.89. The SMILES string of the molecule is CCCCCCN=C(c1ccccc1)c1ccccc1. The van der Waals surface area contributed by atoms with Gasteiger partial charge in [-0.15, -0.1) is 0 Å². The van der Waals surface area contributed by atoms with Gasteiger partial charge in [0.25, 0.3) is 0 Å². The molecular weight excluding hydrogens is 242 g/mol. The molecule has 0 aliphatic heterocycles. The molecule has 20 heavy (non-hydrogen) atoms. The van der Waals surface area contributed by atoms with E-state index in [1.807, 2.05) is 12.1 Å². The first-order valence-corrected chi connectivity index (χ1v) is 7.57. The molecule has 1 nitrogen and oxygen atoms in total. The summed E-state index contributed by atoms with van der Waals surface area (Å²) in [5, 5.41) is 0. The third-order valence-corrected chi connectivity index (χ3v) is 3.38. The summed E-state index contributed by atoms with van der Waals surface area (Å²) in [6.07, 6.45) is 5.03. The van der Waals surface area contributed by atoms with Gasteiger partial charge in [-0.1, -0.05) is 86.8 Å². The average molecular weight is 265 g/mol. The summed E-state index contributed by atoms with van der Waals surface area (Å²) in [6, 6.07) is 20.9. The number of hydrogen-bond donors (Lipinski definition) is 0. The van der Waals surface area contributed by atoms with Crippen LogP contribution < -0.4 is 0 Å². The largest absolute Gasteiger partial charge is 0.284 e. The van der Waals surface area contributed by atoms with Crippen LogP contribution in [-0.4, -0.2) is 12.3 Å². The number of nitrogens with zero attached hydrogens (tertiary/aromatic N) is 1. The third kappa shape index (κ3) is 4.34. The van der Waals surface area contributed by atoms with Crippen LogP contribution in [0.15, 0.2) is 65.7 Å². The van der Waals surface area contributed by atoms with Gasteiger partial charge in [0.2, 0.25) is 0 Å².